The van der Waals surface area contributed by atoms with Crippen LogP contribution in [0.1, 0.15) is 5.56 Å². The maximum atomic E-state index is 4.46. The first-order valence-corrected chi connectivity index (χ1v) is 6.20. The summed E-state index contributed by atoms with van der Waals surface area (Å²) in [5, 5.41) is 5.76. The average Bonchev–Trinajstić information content (AvgIpc) is 3.04. The number of hydrogen-bond acceptors (Lipinski definition) is 0. The summed E-state index contributed by atoms with van der Waals surface area (Å²) in [6.07, 6.45) is 13.2. The molecule has 1 heterocycles. The van der Waals surface area contributed by atoms with Gasteiger partial charge in [0.2, 0.25) is 0 Å². The van der Waals surface area contributed by atoms with Crippen molar-refractivity contribution in [2.45, 2.75) is 6.42 Å². The first-order valence-electron chi connectivity index (χ1n) is 6.20. The maximum Gasteiger partial charge on any atom is 0.0456 e. The molecule has 0 fully saturated rings. The SMILES string of the molecule is C1=CC(=C[N-]CCc2c[nH]c3ccccc23)C=C1. The number of fused-ring (bicyclic) bond motifs is 1. The number of hydrogen-bond donors (Lipinski definition) is 1. The molecule has 1 aliphatic rings. The van der Waals surface area contributed by atoms with Crippen molar-refractivity contribution in [1.29, 1.82) is 0 Å². The van der Waals surface area contributed by atoms with Crippen LogP contribution in [0.2, 0.25) is 0 Å². The fourth-order valence-electron chi connectivity index (χ4n) is 2.17. The van der Waals surface area contributed by atoms with Gasteiger partial charge < -0.3 is 10.3 Å². The molecule has 0 bridgehead atoms. The zero-order valence-corrected chi connectivity index (χ0v) is 10.1. The lowest BCUT2D eigenvalue weighted by Crippen LogP contribution is -1.88. The summed E-state index contributed by atoms with van der Waals surface area (Å²) in [4.78, 5) is 3.29. The van der Waals surface area contributed by atoms with Crippen molar-refractivity contribution in [2.24, 2.45) is 0 Å². The van der Waals surface area contributed by atoms with Gasteiger partial charge in [-0.2, -0.15) is 6.20 Å². The van der Waals surface area contributed by atoms with Crippen molar-refractivity contribution in [1.82, 2.24) is 4.98 Å². The fourth-order valence-corrected chi connectivity index (χ4v) is 2.17. The lowest BCUT2D eigenvalue weighted by Gasteiger charge is -2.14. The second-order valence-electron chi connectivity index (χ2n) is 4.36. The molecular formula is C16H15N2-. The van der Waals surface area contributed by atoms with Gasteiger partial charge in [0.1, 0.15) is 0 Å². The van der Waals surface area contributed by atoms with E-state index in [1.54, 1.807) is 0 Å². The topological polar surface area (TPSA) is 29.9 Å². The van der Waals surface area contributed by atoms with Crippen molar-refractivity contribution in [3.8, 4) is 0 Å². The van der Waals surface area contributed by atoms with Crippen LogP contribution < -0.4 is 0 Å². The van der Waals surface area contributed by atoms with Gasteiger partial charge >= 0.3 is 0 Å². The normalized spacial score (nSPS) is 13.4. The summed E-state index contributed by atoms with van der Waals surface area (Å²) in [5.41, 5.74) is 3.71. The van der Waals surface area contributed by atoms with Crippen LogP contribution in [0, 0.1) is 0 Å². The van der Waals surface area contributed by atoms with E-state index in [1.165, 1.54) is 22.0 Å². The summed E-state index contributed by atoms with van der Waals surface area (Å²) in [7, 11) is 0. The summed E-state index contributed by atoms with van der Waals surface area (Å²) in [6.45, 7) is 0.826. The number of nitrogens with one attached hydrogen (secondary N) is 1. The fraction of sp³-hybridized carbons (Fsp3) is 0.125. The van der Waals surface area contributed by atoms with E-state index in [0.717, 1.165) is 13.0 Å². The van der Waals surface area contributed by atoms with Crippen LogP contribution in [0.3, 0.4) is 0 Å². The van der Waals surface area contributed by atoms with E-state index < -0.39 is 0 Å². The minimum Gasteiger partial charge on any atom is -0.690 e. The molecule has 0 spiro atoms. The molecule has 0 saturated carbocycles. The second-order valence-corrected chi connectivity index (χ2v) is 4.36. The molecule has 0 radical (unpaired) electrons. The highest BCUT2D eigenvalue weighted by Gasteiger charge is 1.99. The third-order valence-electron chi connectivity index (χ3n) is 3.11. The minimum absolute atomic E-state index is 0.826. The summed E-state index contributed by atoms with van der Waals surface area (Å²) in [5.74, 6) is 0. The Morgan fingerprint density at radius 1 is 1.11 bits per heavy atom. The first kappa shape index (κ1) is 10.9. The van der Waals surface area contributed by atoms with Crippen molar-refractivity contribution < 1.29 is 0 Å². The number of H-pyrrole nitrogens is 1. The second kappa shape index (κ2) is 4.96. The highest BCUT2D eigenvalue weighted by atomic mass is 14.8. The number of benzene rings is 1. The molecule has 1 aromatic carbocycles. The predicted octanol–water partition coefficient (Wildman–Crippen LogP) is 4.09. The summed E-state index contributed by atoms with van der Waals surface area (Å²) >= 11 is 0. The highest BCUT2D eigenvalue weighted by Crippen LogP contribution is 2.18. The largest absolute Gasteiger partial charge is 0.690 e. The van der Waals surface area contributed by atoms with E-state index in [1.807, 2.05) is 18.4 Å². The van der Waals surface area contributed by atoms with Crippen LogP contribution in [0.4, 0.5) is 0 Å². The summed E-state index contributed by atoms with van der Waals surface area (Å²) < 4.78 is 0. The Kier molecular flexibility index (Phi) is 3.01. The van der Waals surface area contributed by atoms with E-state index in [0.29, 0.717) is 0 Å². The van der Waals surface area contributed by atoms with Crippen molar-refractivity contribution >= 4 is 10.9 Å². The van der Waals surface area contributed by atoms with E-state index in [-0.39, 0.29) is 0 Å². The van der Waals surface area contributed by atoms with E-state index in [4.69, 9.17) is 0 Å². The molecule has 1 aromatic heterocycles. The van der Waals surface area contributed by atoms with Crippen molar-refractivity contribution in [3.05, 3.63) is 77.4 Å². The first-order chi connectivity index (χ1) is 8.93. The zero-order valence-electron chi connectivity index (χ0n) is 10.1. The highest BCUT2D eigenvalue weighted by molar-refractivity contribution is 5.83. The smallest absolute Gasteiger partial charge is 0.0456 e. The van der Waals surface area contributed by atoms with E-state index >= 15 is 0 Å². The minimum atomic E-state index is 0.826. The Balaban J connectivity index is 1.61. The molecule has 2 heteroatoms. The molecule has 90 valence electrons. The Bertz CT molecular complexity index is 615. The van der Waals surface area contributed by atoms with Crippen LogP contribution in [-0.2, 0) is 6.42 Å². The summed E-state index contributed by atoms with van der Waals surface area (Å²) in [6, 6.07) is 8.39. The van der Waals surface area contributed by atoms with Crippen LogP contribution in [0.5, 0.6) is 0 Å². The van der Waals surface area contributed by atoms with Gasteiger partial charge in [-0.25, -0.2) is 0 Å². The molecule has 1 aliphatic carbocycles. The van der Waals surface area contributed by atoms with Crippen LogP contribution in [0.15, 0.2) is 66.5 Å². The molecule has 0 unspecified atom stereocenters. The molecule has 0 amide bonds. The Morgan fingerprint density at radius 2 is 1.94 bits per heavy atom. The molecule has 0 aliphatic heterocycles. The van der Waals surface area contributed by atoms with Crippen molar-refractivity contribution in [3.63, 3.8) is 0 Å². The molecule has 1 N–H and O–H groups in total. The number of aromatic nitrogens is 1. The predicted molar refractivity (Wildman–Crippen MR) is 76.6 cm³/mol. The standard InChI is InChI=1S/C16H15N2/c1-2-6-13(5-1)11-17-10-9-14-12-18-16-8-4-3-7-15(14)16/h1-8,11-12,18H,9-10H2/q-1. The quantitative estimate of drug-likeness (QED) is 0.773. The van der Waals surface area contributed by atoms with Gasteiger partial charge in [-0.3, -0.25) is 0 Å². The van der Waals surface area contributed by atoms with Gasteiger partial charge in [0.25, 0.3) is 0 Å². The Hall–Kier alpha value is -2.22. The van der Waals surface area contributed by atoms with Crippen molar-refractivity contribution in [2.75, 3.05) is 6.54 Å². The molecule has 3 rings (SSSR count). The van der Waals surface area contributed by atoms with E-state index in [2.05, 4.69) is 52.9 Å². The monoisotopic (exact) mass is 235 g/mol. The van der Waals surface area contributed by atoms with Gasteiger partial charge in [0, 0.05) is 17.1 Å². The van der Waals surface area contributed by atoms with Crippen LogP contribution in [0.25, 0.3) is 16.2 Å². The Morgan fingerprint density at radius 3 is 2.83 bits per heavy atom. The lowest BCUT2D eigenvalue weighted by molar-refractivity contribution is 1.06. The van der Waals surface area contributed by atoms with Gasteiger partial charge in [0.15, 0.2) is 0 Å². The van der Waals surface area contributed by atoms with E-state index in [9.17, 15) is 0 Å². The average molecular weight is 235 g/mol. The third-order valence-corrected chi connectivity index (χ3v) is 3.11. The molecule has 0 saturated heterocycles. The van der Waals surface area contributed by atoms with Gasteiger partial charge in [0.05, 0.1) is 0 Å². The zero-order chi connectivity index (χ0) is 12.2. The number of allylic oxidation sites excluding steroid dienone is 5. The van der Waals surface area contributed by atoms with Gasteiger partial charge in [-0.15, -0.1) is 6.54 Å². The number of nitrogens with zero attached hydrogens (tertiary/aromatic N) is 1. The maximum absolute atomic E-state index is 4.46. The molecule has 2 nitrogen and oxygen atoms in total. The Labute approximate surface area is 107 Å². The van der Waals surface area contributed by atoms with Crippen LogP contribution in [-0.4, -0.2) is 11.5 Å². The molecule has 0 atom stereocenters. The molecule has 2 aromatic rings. The van der Waals surface area contributed by atoms with Gasteiger partial charge in [-0.1, -0.05) is 42.5 Å². The number of rotatable bonds is 4. The molecule has 18 heavy (non-hydrogen) atoms. The lowest BCUT2D eigenvalue weighted by atomic mass is 10.1. The van der Waals surface area contributed by atoms with Gasteiger partial charge in [-0.05, 0) is 23.6 Å². The number of aromatic amines is 1. The van der Waals surface area contributed by atoms with Crippen LogP contribution >= 0.6 is 0 Å². The third kappa shape index (κ3) is 2.23. The number of para-hydroxylation sites is 1. The molecular weight excluding hydrogens is 220 g/mol.